The van der Waals surface area contributed by atoms with Crippen LogP contribution in [-0.4, -0.2) is 247 Å². The first-order valence-corrected chi connectivity index (χ1v) is 35.8. The number of halogens is 2. The van der Waals surface area contributed by atoms with E-state index in [0.717, 1.165) is 28.7 Å². The highest BCUT2D eigenvalue weighted by Gasteiger charge is 2.46. The van der Waals surface area contributed by atoms with Gasteiger partial charge in [0, 0.05) is 61.3 Å². The summed E-state index contributed by atoms with van der Waals surface area (Å²) < 4.78 is 110. The molecule has 560 valence electrons. The number of aromatic nitrogens is 2. The summed E-state index contributed by atoms with van der Waals surface area (Å²) in [6.45, 7) is 15.9. The predicted octanol–water partition coefficient (Wildman–Crippen LogP) is 11.9. The van der Waals surface area contributed by atoms with Crippen LogP contribution in [-0.2, 0) is 76.8 Å². The van der Waals surface area contributed by atoms with Crippen LogP contribution in [0, 0.1) is 0 Å². The zero-order valence-corrected chi connectivity index (χ0v) is 61.3. The SMILES string of the molecule is CCCOCCOCCOCCOc1ccc(-c2nc(-c3ccccc3Cl)n(C3(c4ccccc4Cl)N=C(c4ccc(OCCOCCOCCOCCOC)cc4)C(c4ccc(OCCOCCOCCOCCOC)cc4)=N3)c2-c2ccc(OCCOCCOCCOCCOC)cc2)cc1. The van der Waals surface area contributed by atoms with Crippen LogP contribution in [0.4, 0.5) is 0 Å². The molecular formula is C78H100Cl2N4O19. The minimum Gasteiger partial charge on any atom is -0.491 e. The molecule has 0 aliphatic carbocycles. The highest BCUT2D eigenvalue weighted by Crippen LogP contribution is 2.49. The zero-order valence-electron chi connectivity index (χ0n) is 59.8. The number of ether oxygens (including phenoxy) is 19. The molecule has 0 bridgehead atoms. The fraction of sp³-hybridized carbons (Fsp3) is 0.474. The molecule has 0 saturated heterocycles. The summed E-state index contributed by atoms with van der Waals surface area (Å²) >= 11 is 15.0. The number of rotatable bonds is 58. The van der Waals surface area contributed by atoms with E-state index in [2.05, 4.69) is 11.5 Å². The molecule has 0 amide bonds. The lowest BCUT2D eigenvalue weighted by molar-refractivity contribution is 0.000164. The molecule has 7 aromatic rings. The molecule has 8 rings (SSSR count). The third-order valence-corrected chi connectivity index (χ3v) is 16.1. The van der Waals surface area contributed by atoms with Crippen LogP contribution in [0.5, 0.6) is 23.0 Å². The molecule has 1 aliphatic rings. The van der Waals surface area contributed by atoms with E-state index in [1.54, 1.807) is 21.3 Å². The lowest BCUT2D eigenvalue weighted by atomic mass is 10.00. The van der Waals surface area contributed by atoms with Crippen molar-refractivity contribution in [1.29, 1.82) is 0 Å². The average Bonchev–Trinajstić information content (AvgIpc) is 1.55. The summed E-state index contributed by atoms with van der Waals surface area (Å²) in [4.78, 5) is 17.5. The van der Waals surface area contributed by atoms with Gasteiger partial charge in [-0.1, -0.05) is 60.5 Å². The summed E-state index contributed by atoms with van der Waals surface area (Å²) in [5.41, 5.74) is 6.49. The number of aliphatic imine (C=N–C) groups is 2. The summed E-state index contributed by atoms with van der Waals surface area (Å²) in [5, 5.41) is 0.841. The Morgan fingerprint density at radius 3 is 0.932 bits per heavy atom. The lowest BCUT2D eigenvalue weighted by Gasteiger charge is -2.30. The Balaban J connectivity index is 1.14. The maximum Gasteiger partial charge on any atom is 0.263 e. The highest BCUT2D eigenvalue weighted by molar-refractivity contribution is 6.54. The largest absolute Gasteiger partial charge is 0.491 e. The molecule has 0 spiro atoms. The molecule has 0 fully saturated rings. The Morgan fingerprint density at radius 1 is 0.311 bits per heavy atom. The van der Waals surface area contributed by atoms with E-state index in [0.29, 0.717) is 278 Å². The molecule has 0 N–H and O–H groups in total. The van der Waals surface area contributed by atoms with Crippen LogP contribution in [0.3, 0.4) is 0 Å². The highest BCUT2D eigenvalue weighted by atomic mass is 35.5. The molecule has 6 aromatic carbocycles. The Labute approximate surface area is 615 Å². The monoisotopic (exact) mass is 1470 g/mol. The topological polar surface area (TPSA) is 218 Å². The van der Waals surface area contributed by atoms with Crippen molar-refractivity contribution in [1.82, 2.24) is 9.55 Å². The predicted molar refractivity (Wildman–Crippen MR) is 396 cm³/mol. The first-order chi connectivity index (χ1) is 50.9. The molecule has 0 atom stereocenters. The molecule has 0 radical (unpaired) electrons. The first-order valence-electron chi connectivity index (χ1n) is 35.0. The molecule has 1 aromatic heterocycles. The van der Waals surface area contributed by atoms with Gasteiger partial charge >= 0.3 is 0 Å². The lowest BCUT2D eigenvalue weighted by Crippen LogP contribution is -2.31. The maximum atomic E-state index is 7.58. The summed E-state index contributed by atoms with van der Waals surface area (Å²) in [6.07, 6.45) is 0.967. The average molecular weight is 1470 g/mol. The van der Waals surface area contributed by atoms with Gasteiger partial charge in [-0.3, -0.25) is 4.57 Å². The van der Waals surface area contributed by atoms with E-state index < -0.39 is 5.79 Å². The number of hydrogen-bond acceptors (Lipinski definition) is 22. The van der Waals surface area contributed by atoms with E-state index in [1.165, 1.54) is 0 Å². The van der Waals surface area contributed by atoms with Crippen molar-refractivity contribution < 1.29 is 90.0 Å². The van der Waals surface area contributed by atoms with E-state index >= 15 is 0 Å². The number of nitrogens with zero attached hydrogens (tertiary/aromatic N) is 4. The smallest absolute Gasteiger partial charge is 0.263 e. The third-order valence-electron chi connectivity index (χ3n) is 15.4. The van der Waals surface area contributed by atoms with Gasteiger partial charge in [-0.2, -0.15) is 0 Å². The van der Waals surface area contributed by atoms with Crippen LogP contribution >= 0.6 is 23.2 Å². The fourth-order valence-corrected chi connectivity index (χ4v) is 10.9. The van der Waals surface area contributed by atoms with Crippen molar-refractivity contribution >= 4 is 34.6 Å². The molecule has 23 nitrogen and oxygen atoms in total. The summed E-state index contributed by atoms with van der Waals surface area (Å²) in [5.74, 6) is 1.24. The fourth-order valence-electron chi connectivity index (χ4n) is 10.4. The molecular weight excluding hydrogens is 1370 g/mol. The van der Waals surface area contributed by atoms with E-state index in [4.69, 9.17) is 128 Å². The van der Waals surface area contributed by atoms with Gasteiger partial charge in [0.05, 0.1) is 205 Å². The second kappa shape index (κ2) is 49.0. The minimum absolute atomic E-state index is 0.295. The van der Waals surface area contributed by atoms with Gasteiger partial charge < -0.3 is 90.0 Å². The first kappa shape index (κ1) is 81.7. The van der Waals surface area contributed by atoms with E-state index in [1.807, 2.05) is 146 Å². The van der Waals surface area contributed by atoms with Crippen LogP contribution in [0.25, 0.3) is 33.9 Å². The van der Waals surface area contributed by atoms with Gasteiger partial charge in [0.1, 0.15) is 55.2 Å². The Kier molecular flexibility index (Phi) is 38.8. The summed E-state index contributed by atoms with van der Waals surface area (Å²) in [7, 11) is 4.92. The van der Waals surface area contributed by atoms with Crippen LogP contribution in [0.15, 0.2) is 156 Å². The van der Waals surface area contributed by atoms with Gasteiger partial charge in [-0.25, -0.2) is 15.0 Å². The normalized spacial score (nSPS) is 12.6. The maximum absolute atomic E-state index is 7.58. The number of imidazole rings is 1. The second-order valence-corrected chi connectivity index (χ2v) is 23.6. The zero-order chi connectivity index (χ0) is 72.0. The van der Waals surface area contributed by atoms with Crippen molar-refractivity contribution in [3.63, 3.8) is 0 Å². The Bertz CT molecular complexity index is 3410. The van der Waals surface area contributed by atoms with Gasteiger partial charge in [0.2, 0.25) is 0 Å². The molecule has 0 saturated carbocycles. The quantitative estimate of drug-likeness (QED) is 0.0324. The molecule has 2 heterocycles. The molecule has 25 heteroatoms. The Morgan fingerprint density at radius 2 is 0.602 bits per heavy atom. The van der Waals surface area contributed by atoms with Crippen molar-refractivity contribution in [2.45, 2.75) is 19.1 Å². The molecule has 0 unspecified atom stereocenters. The molecule has 1 aliphatic heterocycles. The van der Waals surface area contributed by atoms with Crippen molar-refractivity contribution in [3.05, 3.63) is 172 Å². The van der Waals surface area contributed by atoms with E-state index in [9.17, 15) is 0 Å². The number of hydrogen-bond donors (Lipinski definition) is 0. The minimum atomic E-state index is -1.73. The third kappa shape index (κ3) is 27.8. The van der Waals surface area contributed by atoms with Gasteiger partial charge in [0.15, 0.2) is 0 Å². The van der Waals surface area contributed by atoms with Gasteiger partial charge in [-0.15, -0.1) is 0 Å². The van der Waals surface area contributed by atoms with Crippen molar-refractivity contribution in [2.75, 3.05) is 226 Å². The van der Waals surface area contributed by atoms with Crippen molar-refractivity contribution in [3.8, 4) is 56.9 Å². The van der Waals surface area contributed by atoms with Gasteiger partial charge in [0.25, 0.3) is 5.79 Å². The second-order valence-electron chi connectivity index (χ2n) is 22.8. The number of benzene rings is 6. The number of methoxy groups -OCH3 is 3. The van der Waals surface area contributed by atoms with Gasteiger partial charge in [-0.05, 0) is 122 Å². The van der Waals surface area contributed by atoms with Crippen molar-refractivity contribution in [2.24, 2.45) is 9.98 Å². The Hall–Kier alpha value is -6.95. The van der Waals surface area contributed by atoms with Crippen LogP contribution in [0.2, 0.25) is 10.0 Å². The van der Waals surface area contributed by atoms with Crippen LogP contribution < -0.4 is 18.9 Å². The van der Waals surface area contributed by atoms with Crippen LogP contribution in [0.1, 0.15) is 30.0 Å². The summed E-state index contributed by atoms with van der Waals surface area (Å²) in [6, 6.07) is 46.4. The van der Waals surface area contributed by atoms with E-state index in [-0.39, 0.29) is 0 Å². The standard InChI is InChI=1S/C78H100Cl2N4O19/c1-5-30-88-37-38-92-45-49-96-55-59-102-67-26-18-63(19-27-67)75-76(64-20-28-68(29-21-64)103-60-56-99-52-48-95-44-41-91-36-33-87-4)84(77(81-75)69-10-6-8-12-71(69)79)78(70-11-7-9-13-72(70)80)82-73(61-14-22-65(23-15-61)100-57-53-97-50-46-93-42-39-89-34-31-85-2)74(83-78)62-16-24-66(25-17-62)101-58-54-98-51-47-94-43-40-90-35-32-86-3/h6-29H,5,30-60H2,1-4H3. The molecule has 103 heavy (non-hydrogen) atoms.